The number of rotatable bonds is 5. The highest BCUT2D eigenvalue weighted by molar-refractivity contribution is 5.79. The zero-order valence-electron chi connectivity index (χ0n) is 12.4. The average molecular weight is 280 g/mol. The van der Waals surface area contributed by atoms with Crippen molar-refractivity contribution >= 4 is 11.9 Å². The summed E-state index contributed by atoms with van der Waals surface area (Å²) >= 11 is 0. The number of amides is 1. The maximum Gasteiger partial charge on any atom is 0.222 e. The third kappa shape index (κ3) is 5.39. The summed E-state index contributed by atoms with van der Waals surface area (Å²) in [5, 5.41) is 6.33. The van der Waals surface area contributed by atoms with Gasteiger partial charge in [0.05, 0.1) is 6.54 Å². The summed E-state index contributed by atoms with van der Waals surface area (Å²) in [6.45, 7) is 0.476. The predicted octanol–water partition coefficient (Wildman–Crippen LogP) is 1.67. The number of carbonyl (C=O) groups is 1. The SMILES string of the molecule is NC(=NCCC(=O)NC1CCCC1)NC1CCCCC1. The lowest BCUT2D eigenvalue weighted by Gasteiger charge is -2.23. The van der Waals surface area contributed by atoms with E-state index < -0.39 is 0 Å². The average Bonchev–Trinajstić information content (AvgIpc) is 2.92. The summed E-state index contributed by atoms with van der Waals surface area (Å²) in [6, 6.07) is 0.865. The van der Waals surface area contributed by atoms with Gasteiger partial charge in [0.2, 0.25) is 5.91 Å². The number of nitrogens with zero attached hydrogens (tertiary/aromatic N) is 1. The second-order valence-corrected chi connectivity index (χ2v) is 6.05. The van der Waals surface area contributed by atoms with Crippen molar-refractivity contribution in [2.75, 3.05) is 6.54 Å². The number of guanidine groups is 1. The quantitative estimate of drug-likeness (QED) is 0.529. The van der Waals surface area contributed by atoms with E-state index in [1.165, 1.54) is 44.9 Å². The highest BCUT2D eigenvalue weighted by Crippen LogP contribution is 2.18. The van der Waals surface area contributed by atoms with Crippen molar-refractivity contribution in [2.24, 2.45) is 10.7 Å². The minimum Gasteiger partial charge on any atom is -0.370 e. The molecule has 2 saturated carbocycles. The molecule has 0 bridgehead atoms. The molecule has 2 rings (SSSR count). The normalized spacial score (nSPS) is 21.9. The van der Waals surface area contributed by atoms with Gasteiger partial charge in [-0.05, 0) is 25.7 Å². The zero-order valence-corrected chi connectivity index (χ0v) is 12.4. The first-order chi connectivity index (χ1) is 9.74. The van der Waals surface area contributed by atoms with Gasteiger partial charge in [0, 0.05) is 18.5 Å². The molecular weight excluding hydrogens is 252 g/mol. The minimum absolute atomic E-state index is 0.103. The van der Waals surface area contributed by atoms with E-state index in [2.05, 4.69) is 15.6 Å². The third-order valence-corrected chi connectivity index (χ3v) is 4.30. The van der Waals surface area contributed by atoms with Crippen molar-refractivity contribution < 1.29 is 4.79 Å². The number of nitrogens with two attached hydrogens (primary N) is 1. The summed E-state index contributed by atoms with van der Waals surface area (Å²) in [7, 11) is 0. The van der Waals surface area contributed by atoms with E-state index in [-0.39, 0.29) is 5.91 Å². The van der Waals surface area contributed by atoms with E-state index in [0.29, 0.717) is 31.0 Å². The lowest BCUT2D eigenvalue weighted by molar-refractivity contribution is -0.121. The Labute approximate surface area is 121 Å². The summed E-state index contributed by atoms with van der Waals surface area (Å²) in [6.07, 6.45) is 11.4. The van der Waals surface area contributed by atoms with Gasteiger partial charge in [-0.3, -0.25) is 9.79 Å². The Kier molecular flexibility index (Phi) is 6.15. The van der Waals surface area contributed by atoms with Crippen LogP contribution in [0.1, 0.15) is 64.2 Å². The third-order valence-electron chi connectivity index (χ3n) is 4.30. The van der Waals surface area contributed by atoms with Crippen LogP contribution in [0.15, 0.2) is 4.99 Å². The number of nitrogens with one attached hydrogen (secondary N) is 2. The second-order valence-electron chi connectivity index (χ2n) is 6.05. The van der Waals surface area contributed by atoms with Crippen molar-refractivity contribution in [3.8, 4) is 0 Å². The number of carbonyl (C=O) groups excluding carboxylic acids is 1. The lowest BCUT2D eigenvalue weighted by Crippen LogP contribution is -2.41. The molecule has 0 atom stereocenters. The van der Waals surface area contributed by atoms with Gasteiger partial charge < -0.3 is 16.4 Å². The van der Waals surface area contributed by atoms with Crippen molar-refractivity contribution in [3.05, 3.63) is 0 Å². The van der Waals surface area contributed by atoms with Crippen molar-refractivity contribution in [2.45, 2.75) is 76.3 Å². The van der Waals surface area contributed by atoms with Crippen molar-refractivity contribution in [3.63, 3.8) is 0 Å². The fourth-order valence-corrected chi connectivity index (χ4v) is 3.15. The molecular formula is C15H28N4O. The van der Waals surface area contributed by atoms with Crippen LogP contribution in [-0.4, -0.2) is 30.5 Å². The van der Waals surface area contributed by atoms with E-state index in [1.807, 2.05) is 0 Å². The first kappa shape index (κ1) is 15.1. The predicted molar refractivity (Wildman–Crippen MR) is 81.5 cm³/mol. The lowest BCUT2D eigenvalue weighted by atomic mass is 9.96. The molecule has 2 aliphatic rings. The van der Waals surface area contributed by atoms with Gasteiger partial charge in [0.25, 0.3) is 0 Å². The fourth-order valence-electron chi connectivity index (χ4n) is 3.15. The molecule has 0 aromatic carbocycles. The van der Waals surface area contributed by atoms with E-state index in [4.69, 9.17) is 5.73 Å². The van der Waals surface area contributed by atoms with Gasteiger partial charge >= 0.3 is 0 Å². The molecule has 0 heterocycles. The summed E-state index contributed by atoms with van der Waals surface area (Å²) in [5.41, 5.74) is 5.86. The van der Waals surface area contributed by atoms with E-state index >= 15 is 0 Å². The molecule has 114 valence electrons. The van der Waals surface area contributed by atoms with Crippen LogP contribution in [0.2, 0.25) is 0 Å². The number of aliphatic imine (C=N–C) groups is 1. The van der Waals surface area contributed by atoms with Gasteiger partial charge in [0.15, 0.2) is 5.96 Å². The Morgan fingerprint density at radius 1 is 0.950 bits per heavy atom. The van der Waals surface area contributed by atoms with Crippen LogP contribution in [0.25, 0.3) is 0 Å². The molecule has 0 radical (unpaired) electrons. The number of hydrogen-bond donors (Lipinski definition) is 3. The Hall–Kier alpha value is -1.26. The first-order valence-corrected chi connectivity index (χ1v) is 8.10. The van der Waals surface area contributed by atoms with Crippen LogP contribution >= 0.6 is 0 Å². The van der Waals surface area contributed by atoms with Crippen LogP contribution in [0.5, 0.6) is 0 Å². The van der Waals surface area contributed by atoms with Crippen LogP contribution in [-0.2, 0) is 4.79 Å². The Morgan fingerprint density at radius 3 is 2.15 bits per heavy atom. The summed E-state index contributed by atoms with van der Waals surface area (Å²) in [4.78, 5) is 16.0. The largest absolute Gasteiger partial charge is 0.370 e. The van der Waals surface area contributed by atoms with Crippen LogP contribution in [0.3, 0.4) is 0 Å². The topological polar surface area (TPSA) is 79.5 Å². The molecule has 0 unspecified atom stereocenters. The van der Waals surface area contributed by atoms with Crippen LogP contribution in [0, 0.1) is 0 Å². The fraction of sp³-hybridized carbons (Fsp3) is 0.867. The molecule has 2 aliphatic carbocycles. The molecule has 4 N–H and O–H groups in total. The van der Waals surface area contributed by atoms with Crippen molar-refractivity contribution in [1.82, 2.24) is 10.6 Å². The second kappa shape index (κ2) is 8.12. The zero-order chi connectivity index (χ0) is 14.2. The molecule has 0 aromatic rings. The molecule has 2 fully saturated rings. The molecule has 0 aliphatic heterocycles. The van der Waals surface area contributed by atoms with Crippen LogP contribution in [0.4, 0.5) is 0 Å². The maximum absolute atomic E-state index is 11.7. The summed E-state index contributed by atoms with van der Waals surface area (Å²) in [5.74, 6) is 0.594. The molecule has 0 saturated heterocycles. The molecule has 5 heteroatoms. The first-order valence-electron chi connectivity index (χ1n) is 8.10. The molecule has 20 heavy (non-hydrogen) atoms. The van der Waals surface area contributed by atoms with Gasteiger partial charge in [-0.1, -0.05) is 32.1 Å². The number of hydrogen-bond acceptors (Lipinski definition) is 2. The standard InChI is InChI=1S/C15H28N4O/c16-15(19-13-6-2-1-3-7-13)17-11-10-14(20)18-12-8-4-5-9-12/h12-13H,1-11H2,(H,18,20)(H3,16,17,19). The van der Waals surface area contributed by atoms with E-state index in [0.717, 1.165) is 12.8 Å². The van der Waals surface area contributed by atoms with Crippen molar-refractivity contribution in [1.29, 1.82) is 0 Å². The highest BCUT2D eigenvalue weighted by atomic mass is 16.1. The van der Waals surface area contributed by atoms with Gasteiger partial charge in [-0.25, -0.2) is 0 Å². The van der Waals surface area contributed by atoms with Gasteiger partial charge in [-0.2, -0.15) is 0 Å². The molecule has 0 aromatic heterocycles. The van der Waals surface area contributed by atoms with Gasteiger partial charge in [0.1, 0.15) is 0 Å². The molecule has 5 nitrogen and oxygen atoms in total. The molecule has 0 spiro atoms. The minimum atomic E-state index is 0.103. The van der Waals surface area contributed by atoms with Gasteiger partial charge in [-0.15, -0.1) is 0 Å². The van der Waals surface area contributed by atoms with E-state index in [1.54, 1.807) is 0 Å². The summed E-state index contributed by atoms with van der Waals surface area (Å²) < 4.78 is 0. The van der Waals surface area contributed by atoms with Crippen LogP contribution < -0.4 is 16.4 Å². The van der Waals surface area contributed by atoms with E-state index in [9.17, 15) is 4.79 Å². The Morgan fingerprint density at radius 2 is 1.50 bits per heavy atom. The molecule has 1 amide bonds. The smallest absolute Gasteiger partial charge is 0.222 e. The maximum atomic E-state index is 11.7. The Bertz CT molecular complexity index is 331. The monoisotopic (exact) mass is 280 g/mol. The highest BCUT2D eigenvalue weighted by Gasteiger charge is 2.16. The Balaban J connectivity index is 1.60.